The lowest BCUT2D eigenvalue weighted by Gasteiger charge is -2.10. The second kappa shape index (κ2) is 6.42. The number of carbonyl (C=O) groups is 2. The van der Waals surface area contributed by atoms with Crippen molar-refractivity contribution in [3.05, 3.63) is 23.0 Å². The van der Waals surface area contributed by atoms with Crippen LogP contribution in [0.4, 0.5) is 0 Å². The smallest absolute Gasteiger partial charge is 0.268 e. The fourth-order valence-electron chi connectivity index (χ4n) is 1.47. The van der Waals surface area contributed by atoms with E-state index in [-0.39, 0.29) is 6.54 Å². The monoisotopic (exact) mass is 273 g/mol. The van der Waals surface area contributed by atoms with E-state index in [9.17, 15) is 14.7 Å². The summed E-state index contributed by atoms with van der Waals surface area (Å²) in [5.41, 5.74) is 5.26. The van der Waals surface area contributed by atoms with E-state index >= 15 is 0 Å². The van der Waals surface area contributed by atoms with Crippen LogP contribution in [0.1, 0.15) is 23.8 Å². The molecule has 18 heavy (non-hydrogen) atoms. The third-order valence-corrected chi connectivity index (χ3v) is 2.55. The third-order valence-electron chi connectivity index (χ3n) is 2.34. The maximum Gasteiger partial charge on any atom is 0.268 e. The number of hydrogen-bond acceptors (Lipinski definition) is 3. The molecular formula is C11H16ClN3O3. The van der Waals surface area contributed by atoms with Crippen LogP contribution in [0.25, 0.3) is 0 Å². The van der Waals surface area contributed by atoms with Crippen LogP contribution in [-0.4, -0.2) is 34.1 Å². The molecule has 1 atom stereocenters. The summed E-state index contributed by atoms with van der Waals surface area (Å²) < 4.78 is 1.72. The van der Waals surface area contributed by atoms with Crippen molar-refractivity contribution >= 4 is 23.4 Å². The van der Waals surface area contributed by atoms with Gasteiger partial charge in [0.2, 0.25) is 5.91 Å². The summed E-state index contributed by atoms with van der Waals surface area (Å²) in [5.74, 6) is -1.28. The summed E-state index contributed by atoms with van der Waals surface area (Å²) in [6.07, 6.45) is 1.12. The zero-order valence-corrected chi connectivity index (χ0v) is 10.8. The number of amides is 2. The highest BCUT2D eigenvalue weighted by atomic mass is 35.5. The van der Waals surface area contributed by atoms with Crippen LogP contribution in [0, 0.1) is 0 Å². The van der Waals surface area contributed by atoms with Crippen LogP contribution < -0.4 is 11.1 Å². The van der Waals surface area contributed by atoms with Crippen molar-refractivity contribution in [2.75, 3.05) is 6.54 Å². The minimum Gasteiger partial charge on any atom is -0.381 e. The number of rotatable bonds is 6. The molecule has 0 aliphatic rings. The van der Waals surface area contributed by atoms with Crippen LogP contribution in [0.3, 0.4) is 0 Å². The summed E-state index contributed by atoms with van der Waals surface area (Å²) in [7, 11) is 0. The number of nitrogens with one attached hydrogen (secondary N) is 1. The van der Waals surface area contributed by atoms with Gasteiger partial charge in [-0.25, -0.2) is 0 Å². The minimum absolute atomic E-state index is 0.219. The normalized spacial score (nSPS) is 12.2. The minimum atomic E-state index is -1.39. The molecule has 0 aliphatic carbocycles. The second-order valence-electron chi connectivity index (χ2n) is 3.87. The Kier molecular flexibility index (Phi) is 5.18. The van der Waals surface area contributed by atoms with Gasteiger partial charge in [0.05, 0.1) is 11.6 Å². The molecule has 0 spiro atoms. The number of aliphatic hydroxyl groups is 1. The number of halogens is 1. The lowest BCUT2D eigenvalue weighted by molar-refractivity contribution is -0.125. The van der Waals surface area contributed by atoms with Gasteiger partial charge in [0, 0.05) is 12.7 Å². The predicted molar refractivity (Wildman–Crippen MR) is 67.3 cm³/mol. The van der Waals surface area contributed by atoms with Crippen LogP contribution in [-0.2, 0) is 11.3 Å². The largest absolute Gasteiger partial charge is 0.381 e. The van der Waals surface area contributed by atoms with Gasteiger partial charge in [-0.1, -0.05) is 18.5 Å². The van der Waals surface area contributed by atoms with E-state index in [0.717, 1.165) is 6.42 Å². The number of carbonyl (C=O) groups excluding carboxylic acids is 2. The molecule has 1 aromatic heterocycles. The predicted octanol–water partition coefficient (Wildman–Crippen LogP) is 0.127. The number of nitrogens with zero attached hydrogens (tertiary/aromatic N) is 1. The Balaban J connectivity index is 2.69. The molecule has 0 saturated carbocycles. The van der Waals surface area contributed by atoms with E-state index in [1.54, 1.807) is 10.8 Å². The Morgan fingerprint density at radius 2 is 2.28 bits per heavy atom. The summed E-state index contributed by atoms with van der Waals surface area (Å²) >= 11 is 5.83. The molecule has 1 heterocycles. The van der Waals surface area contributed by atoms with Crippen molar-refractivity contribution < 1.29 is 14.7 Å². The molecular weight excluding hydrogens is 258 g/mol. The fraction of sp³-hybridized carbons (Fsp3) is 0.455. The van der Waals surface area contributed by atoms with Crippen molar-refractivity contribution in [1.29, 1.82) is 0 Å². The molecule has 6 nitrogen and oxygen atoms in total. The summed E-state index contributed by atoms with van der Waals surface area (Å²) in [6, 6.07) is 1.53. The Morgan fingerprint density at radius 1 is 1.61 bits per heavy atom. The number of hydrogen-bond donors (Lipinski definition) is 3. The van der Waals surface area contributed by atoms with Gasteiger partial charge in [0.1, 0.15) is 11.8 Å². The van der Waals surface area contributed by atoms with Gasteiger partial charge >= 0.3 is 0 Å². The average Bonchev–Trinajstić information content (AvgIpc) is 2.67. The maximum atomic E-state index is 11.8. The van der Waals surface area contributed by atoms with Crippen LogP contribution >= 0.6 is 11.6 Å². The lowest BCUT2D eigenvalue weighted by Crippen LogP contribution is -2.40. The molecule has 100 valence electrons. The Labute approximate surface area is 110 Å². The highest BCUT2D eigenvalue weighted by Gasteiger charge is 2.16. The molecule has 0 radical (unpaired) electrons. The molecule has 1 unspecified atom stereocenters. The quantitative estimate of drug-likeness (QED) is 0.687. The van der Waals surface area contributed by atoms with E-state index in [1.807, 2.05) is 6.92 Å². The third kappa shape index (κ3) is 3.75. The SMILES string of the molecule is CCCn1cc(Cl)cc1C(=O)NCC(O)C(N)=O. The molecule has 7 heteroatoms. The van der Waals surface area contributed by atoms with Gasteiger partial charge in [0.15, 0.2) is 0 Å². The number of aromatic nitrogens is 1. The highest BCUT2D eigenvalue weighted by Crippen LogP contribution is 2.14. The lowest BCUT2D eigenvalue weighted by atomic mass is 10.3. The maximum absolute atomic E-state index is 11.8. The first-order valence-electron chi connectivity index (χ1n) is 5.57. The number of nitrogens with two attached hydrogens (primary N) is 1. The number of aryl methyl sites for hydroxylation is 1. The Hall–Kier alpha value is -1.53. The molecule has 0 bridgehead atoms. The van der Waals surface area contributed by atoms with Gasteiger partial charge in [-0.2, -0.15) is 0 Å². The Morgan fingerprint density at radius 3 is 2.83 bits per heavy atom. The van der Waals surface area contributed by atoms with Gasteiger partial charge in [0.25, 0.3) is 5.91 Å². The van der Waals surface area contributed by atoms with E-state index < -0.39 is 17.9 Å². The van der Waals surface area contributed by atoms with Crippen molar-refractivity contribution in [3.8, 4) is 0 Å². The molecule has 0 aromatic carbocycles. The summed E-state index contributed by atoms with van der Waals surface area (Å²) in [5, 5.41) is 12.1. The summed E-state index contributed by atoms with van der Waals surface area (Å²) in [4.78, 5) is 22.4. The molecule has 4 N–H and O–H groups in total. The zero-order valence-electron chi connectivity index (χ0n) is 10.0. The highest BCUT2D eigenvalue weighted by molar-refractivity contribution is 6.31. The summed E-state index contributed by atoms with van der Waals surface area (Å²) in [6.45, 7) is 2.42. The second-order valence-corrected chi connectivity index (χ2v) is 4.30. The van der Waals surface area contributed by atoms with Gasteiger partial charge in [-0.05, 0) is 12.5 Å². The van der Waals surface area contributed by atoms with Gasteiger partial charge in [-0.3, -0.25) is 9.59 Å². The van der Waals surface area contributed by atoms with Gasteiger partial charge in [-0.15, -0.1) is 0 Å². The topological polar surface area (TPSA) is 97.3 Å². The zero-order chi connectivity index (χ0) is 13.7. The molecule has 0 fully saturated rings. The first kappa shape index (κ1) is 14.5. The van der Waals surface area contributed by atoms with E-state index in [1.165, 1.54) is 6.07 Å². The van der Waals surface area contributed by atoms with Crippen molar-refractivity contribution in [2.24, 2.45) is 5.73 Å². The Bertz CT molecular complexity index is 445. The van der Waals surface area contributed by atoms with Crippen LogP contribution in [0.15, 0.2) is 12.3 Å². The number of aliphatic hydroxyl groups excluding tert-OH is 1. The van der Waals surface area contributed by atoms with Gasteiger partial charge < -0.3 is 20.7 Å². The standard InChI is InChI=1S/C11H16ClN3O3/c1-2-3-15-6-7(12)4-8(15)11(18)14-5-9(16)10(13)17/h4,6,9,16H,2-3,5H2,1H3,(H2,13,17)(H,14,18). The molecule has 2 amide bonds. The average molecular weight is 274 g/mol. The first-order valence-corrected chi connectivity index (χ1v) is 5.94. The van der Waals surface area contributed by atoms with Crippen molar-refractivity contribution in [2.45, 2.75) is 26.0 Å². The molecule has 1 rings (SSSR count). The first-order chi connectivity index (χ1) is 8.45. The van der Waals surface area contributed by atoms with Crippen molar-refractivity contribution in [3.63, 3.8) is 0 Å². The van der Waals surface area contributed by atoms with Crippen molar-refractivity contribution in [1.82, 2.24) is 9.88 Å². The van der Waals surface area contributed by atoms with E-state index in [0.29, 0.717) is 17.3 Å². The van der Waals surface area contributed by atoms with Crippen LogP contribution in [0.5, 0.6) is 0 Å². The number of primary amides is 1. The van der Waals surface area contributed by atoms with E-state index in [4.69, 9.17) is 17.3 Å². The fourth-order valence-corrected chi connectivity index (χ4v) is 1.69. The van der Waals surface area contributed by atoms with E-state index in [2.05, 4.69) is 5.32 Å². The molecule has 1 aromatic rings. The molecule has 0 aliphatic heterocycles. The molecule has 0 saturated heterocycles. The van der Waals surface area contributed by atoms with Crippen LogP contribution in [0.2, 0.25) is 5.02 Å².